The fourth-order valence-electron chi connectivity index (χ4n) is 3.30. The Morgan fingerprint density at radius 2 is 1.50 bits per heavy atom. The van der Waals surface area contributed by atoms with Gasteiger partial charge in [0.15, 0.2) is 17.8 Å². The maximum Gasteiger partial charge on any atom is 0.262 e. The Kier molecular flexibility index (Phi) is 6.91. The number of ether oxygens (including phenoxy) is 2. The minimum atomic E-state index is -2.34. The second kappa shape index (κ2) is 10.1. The van der Waals surface area contributed by atoms with Crippen LogP contribution >= 0.6 is 0 Å². The predicted octanol–water partition coefficient (Wildman–Crippen LogP) is 5.57. The molecule has 4 rings (SSSR count). The highest BCUT2D eigenvalue weighted by Crippen LogP contribution is 2.29. The van der Waals surface area contributed by atoms with E-state index in [2.05, 4.69) is 10.1 Å². The summed E-state index contributed by atoms with van der Waals surface area (Å²) in [5, 5.41) is 2.44. The number of fused-ring (bicyclic) bond motifs is 1. The molecular formula is C25H16F5NO5. The Morgan fingerprint density at radius 1 is 0.861 bits per heavy atom. The van der Waals surface area contributed by atoms with E-state index in [1.54, 1.807) is 24.3 Å². The van der Waals surface area contributed by atoms with Crippen molar-refractivity contribution in [3.63, 3.8) is 0 Å². The molecule has 0 aliphatic heterocycles. The van der Waals surface area contributed by atoms with Crippen molar-refractivity contribution in [2.75, 3.05) is 18.5 Å². The zero-order chi connectivity index (χ0) is 26.0. The van der Waals surface area contributed by atoms with Gasteiger partial charge in [-0.15, -0.1) is 0 Å². The molecule has 0 radical (unpaired) electrons. The number of rotatable bonds is 7. The van der Waals surface area contributed by atoms with E-state index in [0.717, 1.165) is 0 Å². The maximum absolute atomic E-state index is 13.7. The molecule has 1 amide bonds. The van der Waals surface area contributed by atoms with Gasteiger partial charge in [0.05, 0.1) is 12.0 Å². The minimum absolute atomic E-state index is 0.106. The van der Waals surface area contributed by atoms with Crippen LogP contribution in [-0.2, 0) is 4.79 Å². The van der Waals surface area contributed by atoms with Gasteiger partial charge in [-0.25, -0.2) is 13.2 Å². The van der Waals surface area contributed by atoms with Crippen molar-refractivity contribution in [2.45, 2.75) is 6.92 Å². The Labute approximate surface area is 199 Å². The van der Waals surface area contributed by atoms with Crippen LogP contribution in [0.15, 0.2) is 57.7 Å². The summed E-state index contributed by atoms with van der Waals surface area (Å²) in [7, 11) is 0. The molecule has 11 heteroatoms. The summed E-state index contributed by atoms with van der Waals surface area (Å²) in [6.07, 6.45) is 0. The summed E-state index contributed by atoms with van der Waals surface area (Å²) >= 11 is 0. The van der Waals surface area contributed by atoms with Crippen molar-refractivity contribution in [3.05, 3.63) is 87.8 Å². The lowest BCUT2D eigenvalue weighted by Gasteiger charge is -2.11. The number of nitrogens with one attached hydrogen (secondary N) is 1. The molecule has 36 heavy (non-hydrogen) atoms. The van der Waals surface area contributed by atoms with E-state index in [-0.39, 0.29) is 16.7 Å². The van der Waals surface area contributed by atoms with Crippen LogP contribution in [0, 0.1) is 29.1 Å². The highest BCUT2D eigenvalue weighted by molar-refractivity contribution is 5.94. The average molecular weight is 505 g/mol. The molecule has 0 spiro atoms. The van der Waals surface area contributed by atoms with E-state index in [9.17, 15) is 31.5 Å². The first-order valence-corrected chi connectivity index (χ1v) is 10.4. The van der Waals surface area contributed by atoms with Crippen LogP contribution in [0.4, 0.5) is 27.6 Å². The standard InChI is InChI=1S/C25H16F5NO5/c1-2-34-14-6-3-12(4-7-14)18-10-16(32)15-9-13(5-8-17(15)36-18)31-19(33)11-35-25-23(29)21(27)20(26)22(28)24(25)30/h3-10H,2,11H2,1H3,(H,31,33). The van der Waals surface area contributed by atoms with Gasteiger partial charge in [-0.3, -0.25) is 9.59 Å². The van der Waals surface area contributed by atoms with Crippen LogP contribution in [0.3, 0.4) is 0 Å². The lowest BCUT2D eigenvalue weighted by atomic mass is 10.1. The molecule has 1 N–H and O–H groups in total. The van der Waals surface area contributed by atoms with Crippen LogP contribution in [0.5, 0.6) is 11.5 Å². The van der Waals surface area contributed by atoms with Gasteiger partial charge in [-0.1, -0.05) is 0 Å². The van der Waals surface area contributed by atoms with Crippen molar-refractivity contribution >= 4 is 22.6 Å². The smallest absolute Gasteiger partial charge is 0.262 e. The summed E-state index contributed by atoms with van der Waals surface area (Å²) in [6, 6.07) is 12.3. The lowest BCUT2D eigenvalue weighted by Crippen LogP contribution is -2.21. The molecule has 1 aromatic heterocycles. The van der Waals surface area contributed by atoms with Gasteiger partial charge in [0.2, 0.25) is 29.1 Å². The van der Waals surface area contributed by atoms with Crippen molar-refractivity contribution < 1.29 is 40.6 Å². The second-order valence-corrected chi connectivity index (χ2v) is 7.38. The molecule has 0 saturated heterocycles. The second-order valence-electron chi connectivity index (χ2n) is 7.38. The van der Waals surface area contributed by atoms with E-state index < -0.39 is 52.8 Å². The van der Waals surface area contributed by atoms with Crippen LogP contribution in [0.2, 0.25) is 0 Å². The lowest BCUT2D eigenvalue weighted by molar-refractivity contribution is -0.118. The number of amides is 1. The van der Waals surface area contributed by atoms with Crippen molar-refractivity contribution in [2.24, 2.45) is 0 Å². The Bertz CT molecular complexity index is 1490. The molecule has 0 saturated carbocycles. The quantitative estimate of drug-likeness (QED) is 0.202. The van der Waals surface area contributed by atoms with Gasteiger partial charge in [0.25, 0.3) is 5.91 Å². The molecule has 0 atom stereocenters. The van der Waals surface area contributed by atoms with Crippen molar-refractivity contribution in [1.82, 2.24) is 0 Å². The van der Waals surface area contributed by atoms with E-state index >= 15 is 0 Å². The van der Waals surface area contributed by atoms with E-state index in [4.69, 9.17) is 9.15 Å². The molecule has 0 aliphatic rings. The molecule has 0 bridgehead atoms. The molecule has 6 nitrogen and oxygen atoms in total. The summed E-state index contributed by atoms with van der Waals surface area (Å²) in [5.74, 6) is -12.7. The highest BCUT2D eigenvalue weighted by atomic mass is 19.2. The Balaban J connectivity index is 1.50. The van der Waals surface area contributed by atoms with Crippen molar-refractivity contribution in [1.29, 1.82) is 0 Å². The molecule has 3 aromatic carbocycles. The number of carbonyl (C=O) groups is 1. The zero-order valence-electron chi connectivity index (χ0n) is 18.5. The number of carbonyl (C=O) groups excluding carboxylic acids is 1. The van der Waals surface area contributed by atoms with E-state index in [0.29, 0.717) is 23.7 Å². The predicted molar refractivity (Wildman–Crippen MR) is 119 cm³/mol. The largest absolute Gasteiger partial charge is 0.494 e. The summed E-state index contributed by atoms with van der Waals surface area (Å²) < 4.78 is 82.7. The SMILES string of the molecule is CCOc1ccc(-c2cc(=O)c3cc(NC(=O)COc4c(F)c(F)c(F)c(F)c4F)ccc3o2)cc1. The average Bonchev–Trinajstić information content (AvgIpc) is 2.87. The third-order valence-corrected chi connectivity index (χ3v) is 4.98. The van der Waals surface area contributed by atoms with Gasteiger partial charge in [0, 0.05) is 17.3 Å². The van der Waals surface area contributed by atoms with Gasteiger partial charge >= 0.3 is 0 Å². The maximum atomic E-state index is 13.7. The fraction of sp³-hybridized carbons (Fsp3) is 0.120. The van der Waals surface area contributed by atoms with Crippen LogP contribution in [-0.4, -0.2) is 19.1 Å². The first-order chi connectivity index (χ1) is 17.2. The normalized spacial score (nSPS) is 10.9. The molecular weight excluding hydrogens is 489 g/mol. The zero-order valence-corrected chi connectivity index (χ0v) is 18.5. The molecule has 1 heterocycles. The van der Waals surface area contributed by atoms with E-state index in [1.165, 1.54) is 24.3 Å². The Hall–Kier alpha value is -4.41. The molecule has 0 unspecified atom stereocenters. The topological polar surface area (TPSA) is 77.8 Å². The number of hydrogen-bond acceptors (Lipinski definition) is 5. The molecule has 186 valence electrons. The number of benzene rings is 3. The van der Waals surface area contributed by atoms with Gasteiger partial charge in [-0.2, -0.15) is 8.78 Å². The van der Waals surface area contributed by atoms with Gasteiger partial charge in [-0.05, 0) is 49.4 Å². The summed E-state index contributed by atoms with van der Waals surface area (Å²) in [5.41, 5.74) is 0.561. The molecule has 0 aliphatic carbocycles. The Morgan fingerprint density at radius 3 is 2.14 bits per heavy atom. The summed E-state index contributed by atoms with van der Waals surface area (Å²) in [4.78, 5) is 24.8. The molecule has 0 fully saturated rings. The third-order valence-electron chi connectivity index (χ3n) is 4.98. The number of anilines is 1. The summed E-state index contributed by atoms with van der Waals surface area (Å²) in [6.45, 7) is 1.29. The van der Waals surface area contributed by atoms with Gasteiger partial charge < -0.3 is 19.2 Å². The minimum Gasteiger partial charge on any atom is -0.494 e. The van der Waals surface area contributed by atoms with Crippen LogP contribution < -0.4 is 20.2 Å². The monoisotopic (exact) mass is 505 g/mol. The van der Waals surface area contributed by atoms with Crippen LogP contribution in [0.1, 0.15) is 6.92 Å². The van der Waals surface area contributed by atoms with Crippen LogP contribution in [0.25, 0.3) is 22.3 Å². The van der Waals surface area contributed by atoms with Gasteiger partial charge in [0.1, 0.15) is 17.1 Å². The number of halogens is 5. The first kappa shape index (κ1) is 24.7. The first-order valence-electron chi connectivity index (χ1n) is 10.4. The third kappa shape index (κ3) is 4.85. The number of hydrogen-bond donors (Lipinski definition) is 1. The van der Waals surface area contributed by atoms with Crippen molar-refractivity contribution in [3.8, 4) is 22.8 Å². The molecule has 4 aromatic rings. The fourth-order valence-corrected chi connectivity index (χ4v) is 3.30. The van der Waals surface area contributed by atoms with E-state index in [1.807, 2.05) is 6.92 Å². The highest BCUT2D eigenvalue weighted by Gasteiger charge is 2.27.